The first-order valence-electron chi connectivity index (χ1n) is 11.2. The van der Waals surface area contributed by atoms with Crippen molar-refractivity contribution in [3.05, 3.63) is 59.9 Å². The van der Waals surface area contributed by atoms with Crippen molar-refractivity contribution in [2.45, 2.75) is 25.4 Å². The molecule has 1 aliphatic heterocycles. The molecule has 0 aliphatic carbocycles. The van der Waals surface area contributed by atoms with Gasteiger partial charge >= 0.3 is 0 Å². The lowest BCUT2D eigenvalue weighted by molar-refractivity contribution is -0.117. The molecular weight excluding hydrogens is 418 g/mol. The van der Waals surface area contributed by atoms with Gasteiger partial charge in [-0.25, -0.2) is 0 Å². The van der Waals surface area contributed by atoms with Gasteiger partial charge in [-0.15, -0.1) is 0 Å². The van der Waals surface area contributed by atoms with E-state index in [4.69, 9.17) is 9.52 Å². The summed E-state index contributed by atoms with van der Waals surface area (Å²) < 4.78 is 5.86. The van der Waals surface area contributed by atoms with E-state index in [0.717, 1.165) is 24.0 Å². The number of nitriles is 1. The first kappa shape index (κ1) is 22.6. The average Bonchev–Trinajstić information content (AvgIpc) is 3.34. The highest BCUT2D eigenvalue weighted by atomic mass is 16.3. The van der Waals surface area contributed by atoms with Gasteiger partial charge in [-0.2, -0.15) is 5.26 Å². The van der Waals surface area contributed by atoms with Crippen molar-refractivity contribution >= 4 is 28.4 Å². The molecule has 2 heterocycles. The van der Waals surface area contributed by atoms with Crippen LogP contribution in [0.5, 0.6) is 0 Å². The molecule has 1 aliphatic rings. The van der Waals surface area contributed by atoms with Crippen LogP contribution in [-0.4, -0.2) is 48.5 Å². The summed E-state index contributed by atoms with van der Waals surface area (Å²) in [6.07, 6.45) is 4.07. The molecule has 1 atom stereocenters. The third-order valence-electron chi connectivity index (χ3n) is 5.82. The Morgan fingerprint density at radius 1 is 1.12 bits per heavy atom. The lowest BCUT2D eigenvalue weighted by Crippen LogP contribution is -2.34. The fourth-order valence-corrected chi connectivity index (χ4v) is 3.98. The van der Waals surface area contributed by atoms with Gasteiger partial charge in [0.15, 0.2) is 0 Å². The van der Waals surface area contributed by atoms with Gasteiger partial charge in [0.25, 0.3) is 5.91 Å². The zero-order valence-corrected chi connectivity index (χ0v) is 18.3. The first-order valence-corrected chi connectivity index (χ1v) is 11.2. The third-order valence-corrected chi connectivity index (χ3v) is 5.82. The second kappa shape index (κ2) is 10.3. The quantitative estimate of drug-likeness (QED) is 0.380. The van der Waals surface area contributed by atoms with Gasteiger partial charge in [-0.1, -0.05) is 18.2 Å². The van der Waals surface area contributed by atoms with Gasteiger partial charge < -0.3 is 24.8 Å². The van der Waals surface area contributed by atoms with E-state index in [2.05, 4.69) is 40.5 Å². The number of carbonyl (C=O) groups excluding carboxylic acids is 1. The number of carbonyl (C=O) groups is 1. The van der Waals surface area contributed by atoms with Crippen LogP contribution in [0.3, 0.4) is 0 Å². The Kier molecular flexibility index (Phi) is 7.08. The van der Waals surface area contributed by atoms with Crippen LogP contribution < -0.4 is 10.2 Å². The Morgan fingerprint density at radius 3 is 2.64 bits per heavy atom. The smallest absolute Gasteiger partial charge is 0.262 e. The molecule has 0 radical (unpaired) electrons. The summed E-state index contributed by atoms with van der Waals surface area (Å²) in [4.78, 5) is 14.6. The molecule has 1 saturated heterocycles. The Hall–Kier alpha value is -3.60. The summed E-state index contributed by atoms with van der Waals surface area (Å²) in [5.74, 6) is 0.370. The van der Waals surface area contributed by atoms with E-state index >= 15 is 0 Å². The van der Waals surface area contributed by atoms with E-state index in [1.54, 1.807) is 12.1 Å². The van der Waals surface area contributed by atoms with Gasteiger partial charge in [-0.05, 0) is 60.4 Å². The maximum Gasteiger partial charge on any atom is 0.262 e. The molecule has 1 unspecified atom stereocenters. The summed E-state index contributed by atoms with van der Waals surface area (Å²) >= 11 is 0. The predicted octanol–water partition coefficient (Wildman–Crippen LogP) is 3.47. The van der Waals surface area contributed by atoms with Crippen molar-refractivity contribution < 1.29 is 19.4 Å². The van der Waals surface area contributed by atoms with E-state index in [0.29, 0.717) is 11.5 Å². The van der Waals surface area contributed by atoms with E-state index in [-0.39, 0.29) is 12.1 Å². The number of furan rings is 1. The highest BCUT2D eigenvalue weighted by Gasteiger charge is 2.14. The summed E-state index contributed by atoms with van der Waals surface area (Å²) in [7, 11) is 0. The number of nitrogens with one attached hydrogen (secondary N) is 1. The Balaban J connectivity index is 1.51. The Morgan fingerprint density at radius 2 is 1.88 bits per heavy atom. The minimum Gasteiger partial charge on any atom is -0.457 e. The zero-order valence-electron chi connectivity index (χ0n) is 18.3. The minimum atomic E-state index is -1.08. The number of aliphatic hydroxyl groups excluding tert-OH is 2. The molecule has 3 aromatic rings. The monoisotopic (exact) mass is 445 g/mol. The molecule has 0 bridgehead atoms. The number of fused-ring (bicyclic) bond motifs is 1. The van der Waals surface area contributed by atoms with Crippen LogP contribution in [0.2, 0.25) is 0 Å². The molecule has 7 heteroatoms. The van der Waals surface area contributed by atoms with Crippen molar-refractivity contribution in [2.24, 2.45) is 0 Å². The normalized spacial score (nSPS) is 15.3. The highest BCUT2D eigenvalue weighted by molar-refractivity contribution is 6.01. The number of rotatable bonds is 7. The average molecular weight is 446 g/mol. The maximum atomic E-state index is 12.1. The van der Waals surface area contributed by atoms with E-state index in [1.165, 1.54) is 36.4 Å². The van der Waals surface area contributed by atoms with E-state index < -0.39 is 18.6 Å². The van der Waals surface area contributed by atoms with Gasteiger partial charge in [0, 0.05) is 37.0 Å². The number of hydrogen-bond acceptors (Lipinski definition) is 6. The summed E-state index contributed by atoms with van der Waals surface area (Å²) in [5, 5.41) is 32.2. The van der Waals surface area contributed by atoms with Crippen molar-refractivity contribution in [2.75, 3.05) is 31.1 Å². The molecule has 0 spiro atoms. The number of anilines is 1. The van der Waals surface area contributed by atoms with Crippen LogP contribution in [0.15, 0.2) is 58.5 Å². The zero-order chi connectivity index (χ0) is 23.2. The molecule has 33 heavy (non-hydrogen) atoms. The number of amides is 1. The molecule has 1 amide bonds. The van der Waals surface area contributed by atoms with Crippen LogP contribution in [0.1, 0.15) is 25.0 Å². The molecule has 2 aromatic carbocycles. The minimum absolute atomic E-state index is 0.145. The van der Waals surface area contributed by atoms with Gasteiger partial charge in [-0.3, -0.25) is 4.79 Å². The second-order valence-electron chi connectivity index (χ2n) is 8.21. The fourth-order valence-electron chi connectivity index (χ4n) is 3.98. The van der Waals surface area contributed by atoms with E-state index in [9.17, 15) is 15.2 Å². The fraction of sp³-hybridized carbons (Fsp3) is 0.308. The summed E-state index contributed by atoms with van der Waals surface area (Å²) in [6.45, 7) is 1.60. The van der Waals surface area contributed by atoms with Crippen LogP contribution >= 0.6 is 0 Å². The van der Waals surface area contributed by atoms with Gasteiger partial charge in [0.05, 0.1) is 12.7 Å². The van der Waals surface area contributed by atoms with Crippen molar-refractivity contribution in [3.63, 3.8) is 0 Å². The predicted molar refractivity (Wildman–Crippen MR) is 127 cm³/mol. The number of piperidine rings is 1. The molecule has 7 nitrogen and oxygen atoms in total. The lowest BCUT2D eigenvalue weighted by atomic mass is 10.0. The number of nitrogens with zero attached hydrogens (tertiary/aromatic N) is 2. The summed E-state index contributed by atoms with van der Waals surface area (Å²) in [6, 6.07) is 18.0. The van der Waals surface area contributed by atoms with Gasteiger partial charge in [0.1, 0.15) is 23.2 Å². The first-order chi connectivity index (χ1) is 16.1. The van der Waals surface area contributed by atoms with Crippen LogP contribution in [0.4, 0.5) is 5.69 Å². The van der Waals surface area contributed by atoms with Crippen molar-refractivity contribution in [1.82, 2.24) is 5.32 Å². The standard InChI is InChI=1S/C26H27N3O4/c27-15-21(26(32)28-16-23(31)17-30)14-24-8-9-25(33-24)20-5-4-19-13-22(7-6-18(19)12-20)29-10-2-1-3-11-29/h4-9,12-14,23,30-31H,1-3,10-11,16-17H2,(H,28,32)/b21-14+. The third kappa shape index (κ3) is 5.43. The van der Waals surface area contributed by atoms with Crippen LogP contribution in [-0.2, 0) is 4.79 Å². The topological polar surface area (TPSA) is 110 Å². The SMILES string of the molecule is N#C/C(=C\c1ccc(-c2ccc3cc(N4CCCCC4)ccc3c2)o1)C(=O)NCC(O)CO. The summed E-state index contributed by atoms with van der Waals surface area (Å²) in [5.41, 5.74) is 2.01. The molecular formula is C26H27N3O4. The lowest BCUT2D eigenvalue weighted by Gasteiger charge is -2.29. The number of benzene rings is 2. The van der Waals surface area contributed by atoms with E-state index in [1.807, 2.05) is 12.1 Å². The van der Waals surface area contributed by atoms with Crippen molar-refractivity contribution in [3.8, 4) is 17.4 Å². The number of hydrogen-bond donors (Lipinski definition) is 3. The number of aliphatic hydroxyl groups is 2. The largest absolute Gasteiger partial charge is 0.457 e. The van der Waals surface area contributed by atoms with Crippen molar-refractivity contribution in [1.29, 1.82) is 5.26 Å². The molecule has 3 N–H and O–H groups in total. The van der Waals surface area contributed by atoms with Crippen LogP contribution in [0, 0.1) is 11.3 Å². The highest BCUT2D eigenvalue weighted by Crippen LogP contribution is 2.30. The Labute approximate surface area is 192 Å². The Bertz CT molecular complexity index is 1200. The molecule has 170 valence electrons. The van der Waals surface area contributed by atoms with Gasteiger partial charge in [0.2, 0.25) is 0 Å². The molecule has 1 fully saturated rings. The van der Waals surface area contributed by atoms with Crippen LogP contribution in [0.25, 0.3) is 28.2 Å². The maximum absolute atomic E-state index is 12.1. The molecule has 1 aromatic heterocycles. The second-order valence-corrected chi connectivity index (χ2v) is 8.21. The molecule has 0 saturated carbocycles. The molecule has 4 rings (SSSR count).